The first-order valence-corrected chi connectivity index (χ1v) is 5.83. The van der Waals surface area contributed by atoms with Crippen molar-refractivity contribution in [1.29, 1.82) is 0 Å². The molecule has 0 aliphatic carbocycles. The van der Waals surface area contributed by atoms with Crippen LogP contribution in [0, 0.1) is 17.0 Å². The van der Waals surface area contributed by atoms with Gasteiger partial charge in [-0.3, -0.25) is 10.1 Å². The molecule has 0 heterocycles. The highest BCUT2D eigenvalue weighted by molar-refractivity contribution is 9.12. The van der Waals surface area contributed by atoms with E-state index >= 15 is 0 Å². The summed E-state index contributed by atoms with van der Waals surface area (Å²) in [6, 6.07) is 7.63. The van der Waals surface area contributed by atoms with Gasteiger partial charge in [-0.2, -0.15) is 0 Å². The average molecular weight is 323 g/mol. The lowest BCUT2D eigenvalue weighted by Crippen LogP contribution is -2.16. The van der Waals surface area contributed by atoms with Crippen LogP contribution in [0.15, 0.2) is 24.3 Å². The molecule has 0 fully saturated rings. The van der Waals surface area contributed by atoms with Gasteiger partial charge in [0.2, 0.25) is 0 Å². The van der Waals surface area contributed by atoms with Crippen LogP contribution < -0.4 is 0 Å². The predicted octanol–water partition coefficient (Wildman–Crippen LogP) is 3.43. The van der Waals surface area contributed by atoms with Gasteiger partial charge in [0.1, 0.15) is 4.83 Å². The van der Waals surface area contributed by atoms with Crippen LogP contribution in [0.3, 0.4) is 0 Å². The van der Waals surface area contributed by atoms with Crippen LogP contribution in [0.5, 0.6) is 0 Å². The Labute approximate surface area is 98.9 Å². The van der Waals surface area contributed by atoms with Crippen molar-refractivity contribution >= 4 is 31.9 Å². The second kappa shape index (κ2) is 4.89. The van der Waals surface area contributed by atoms with E-state index in [1.54, 1.807) is 0 Å². The van der Waals surface area contributed by atoms with E-state index in [1.807, 2.05) is 31.2 Å². The molecule has 0 aromatic heterocycles. The Morgan fingerprint density at radius 3 is 2.21 bits per heavy atom. The molecule has 0 aliphatic heterocycles. The SMILES string of the molecule is Cc1ccc([C@@H](Br)C(Br)[N+](=O)[O-])cc1. The number of hydrogen-bond donors (Lipinski definition) is 0. The molecule has 0 radical (unpaired) electrons. The van der Waals surface area contributed by atoms with Gasteiger partial charge in [0.15, 0.2) is 0 Å². The summed E-state index contributed by atoms with van der Waals surface area (Å²) in [4.78, 5) is 9.04. The van der Waals surface area contributed by atoms with Crippen molar-refractivity contribution in [1.82, 2.24) is 0 Å². The Bertz CT molecular complexity index is 326. The van der Waals surface area contributed by atoms with Crippen LogP contribution >= 0.6 is 31.9 Å². The van der Waals surface area contributed by atoms with Gasteiger partial charge in [-0.05, 0) is 28.4 Å². The van der Waals surface area contributed by atoms with Gasteiger partial charge in [-0.25, -0.2) is 0 Å². The molecule has 0 saturated heterocycles. The van der Waals surface area contributed by atoms with E-state index in [-0.39, 0.29) is 9.75 Å². The van der Waals surface area contributed by atoms with E-state index < -0.39 is 4.95 Å². The third kappa shape index (κ3) is 2.78. The Kier molecular flexibility index (Phi) is 4.07. The lowest BCUT2D eigenvalue weighted by Gasteiger charge is -2.10. The maximum atomic E-state index is 10.5. The van der Waals surface area contributed by atoms with Crippen LogP contribution in [0.4, 0.5) is 0 Å². The Hall–Kier alpha value is -0.420. The van der Waals surface area contributed by atoms with Gasteiger partial charge in [-0.15, -0.1) is 0 Å². The summed E-state index contributed by atoms with van der Waals surface area (Å²) in [5, 5.41) is 10.5. The zero-order valence-corrected chi connectivity index (χ0v) is 10.7. The Morgan fingerprint density at radius 2 is 1.79 bits per heavy atom. The molecule has 0 spiro atoms. The van der Waals surface area contributed by atoms with E-state index in [1.165, 1.54) is 0 Å². The van der Waals surface area contributed by atoms with Crippen LogP contribution in [-0.4, -0.2) is 9.87 Å². The van der Waals surface area contributed by atoms with E-state index in [0.29, 0.717) is 0 Å². The molecule has 0 N–H and O–H groups in total. The second-order valence-corrected chi connectivity index (χ2v) is 4.90. The minimum absolute atomic E-state index is 0.307. The topological polar surface area (TPSA) is 43.1 Å². The number of nitrogens with zero attached hydrogens (tertiary/aromatic N) is 1. The van der Waals surface area contributed by atoms with Gasteiger partial charge in [0.05, 0.1) is 0 Å². The van der Waals surface area contributed by atoms with Crippen molar-refractivity contribution in [3.05, 3.63) is 45.5 Å². The van der Waals surface area contributed by atoms with Crippen molar-refractivity contribution in [2.75, 3.05) is 0 Å². The molecule has 3 nitrogen and oxygen atoms in total. The number of hydrogen-bond acceptors (Lipinski definition) is 2. The molecule has 2 atom stereocenters. The standard InChI is InChI=1S/C9H9Br2NO2/c1-6-2-4-7(5-3-6)8(10)9(11)12(13)14/h2-5,8-9H,1H3/t8-,9?/m1/s1. The number of nitro groups is 1. The van der Waals surface area contributed by atoms with E-state index in [2.05, 4.69) is 31.9 Å². The minimum Gasteiger partial charge on any atom is -0.263 e. The number of alkyl halides is 2. The van der Waals surface area contributed by atoms with Crippen LogP contribution in [0.2, 0.25) is 0 Å². The number of aryl methyl sites for hydroxylation is 1. The molecule has 1 rings (SSSR count). The summed E-state index contributed by atoms with van der Waals surface area (Å²) >= 11 is 6.30. The molecule has 14 heavy (non-hydrogen) atoms. The van der Waals surface area contributed by atoms with Gasteiger partial charge in [0.25, 0.3) is 4.95 Å². The van der Waals surface area contributed by atoms with E-state index in [0.717, 1.165) is 11.1 Å². The first-order chi connectivity index (χ1) is 6.52. The highest BCUT2D eigenvalue weighted by atomic mass is 79.9. The Morgan fingerprint density at radius 1 is 1.29 bits per heavy atom. The van der Waals surface area contributed by atoms with Crippen LogP contribution in [-0.2, 0) is 0 Å². The summed E-state index contributed by atoms with van der Waals surface area (Å²) in [5.41, 5.74) is 2.04. The van der Waals surface area contributed by atoms with Gasteiger partial charge in [-0.1, -0.05) is 45.8 Å². The largest absolute Gasteiger partial charge is 0.282 e. The van der Waals surface area contributed by atoms with Crippen molar-refractivity contribution in [3.63, 3.8) is 0 Å². The highest BCUT2D eigenvalue weighted by Crippen LogP contribution is 2.31. The molecule has 0 saturated carbocycles. The highest BCUT2D eigenvalue weighted by Gasteiger charge is 2.27. The minimum atomic E-state index is -0.801. The van der Waals surface area contributed by atoms with E-state index in [9.17, 15) is 10.1 Å². The van der Waals surface area contributed by atoms with Crippen LogP contribution in [0.25, 0.3) is 0 Å². The number of rotatable bonds is 3. The molecule has 0 aliphatic rings. The van der Waals surface area contributed by atoms with Gasteiger partial charge >= 0.3 is 0 Å². The fourth-order valence-corrected chi connectivity index (χ4v) is 1.82. The van der Waals surface area contributed by atoms with Crippen molar-refractivity contribution in [2.24, 2.45) is 0 Å². The molecule has 76 valence electrons. The third-order valence-corrected chi connectivity index (χ3v) is 4.44. The zero-order valence-electron chi connectivity index (χ0n) is 7.48. The van der Waals surface area contributed by atoms with Crippen molar-refractivity contribution in [2.45, 2.75) is 16.7 Å². The maximum absolute atomic E-state index is 10.5. The first-order valence-electron chi connectivity index (χ1n) is 4.00. The normalized spacial score (nSPS) is 14.8. The first kappa shape index (κ1) is 11.7. The number of halogens is 2. The summed E-state index contributed by atoms with van der Waals surface area (Å²) in [6.45, 7) is 1.98. The maximum Gasteiger partial charge on any atom is 0.282 e. The second-order valence-electron chi connectivity index (χ2n) is 2.97. The predicted molar refractivity (Wildman–Crippen MR) is 62.6 cm³/mol. The summed E-state index contributed by atoms with van der Waals surface area (Å²) in [5.74, 6) is 0. The fraction of sp³-hybridized carbons (Fsp3) is 0.333. The van der Waals surface area contributed by atoms with E-state index in [4.69, 9.17) is 0 Å². The molecule has 1 aromatic carbocycles. The van der Waals surface area contributed by atoms with Gasteiger partial charge in [0, 0.05) is 4.92 Å². The molecule has 5 heteroatoms. The summed E-state index contributed by atoms with van der Waals surface area (Å²) in [6.07, 6.45) is 0. The van der Waals surface area contributed by atoms with Gasteiger partial charge < -0.3 is 0 Å². The lowest BCUT2D eigenvalue weighted by atomic mass is 10.1. The smallest absolute Gasteiger partial charge is 0.263 e. The van der Waals surface area contributed by atoms with Crippen LogP contribution in [0.1, 0.15) is 16.0 Å². The Balaban J connectivity index is 2.84. The van der Waals surface area contributed by atoms with Crippen molar-refractivity contribution < 1.29 is 4.92 Å². The molecule has 1 unspecified atom stereocenters. The summed E-state index contributed by atoms with van der Waals surface area (Å²) < 4.78 is 0. The number of benzene rings is 1. The average Bonchev–Trinajstić information content (AvgIpc) is 2.16. The molecule has 0 bridgehead atoms. The molecule has 0 amide bonds. The molecular weight excluding hydrogens is 314 g/mol. The quantitative estimate of drug-likeness (QED) is 0.370. The zero-order chi connectivity index (χ0) is 10.7. The fourth-order valence-electron chi connectivity index (χ4n) is 1.02. The lowest BCUT2D eigenvalue weighted by molar-refractivity contribution is -0.492. The third-order valence-electron chi connectivity index (χ3n) is 1.84. The molecule has 1 aromatic rings. The summed E-state index contributed by atoms with van der Waals surface area (Å²) in [7, 11) is 0. The monoisotopic (exact) mass is 321 g/mol. The molecular formula is C9H9Br2NO2. The van der Waals surface area contributed by atoms with Crippen molar-refractivity contribution in [3.8, 4) is 0 Å².